The molecule has 2 rings (SSSR count). The van der Waals surface area contributed by atoms with Crippen LogP contribution in [0.3, 0.4) is 0 Å². The number of hydrogen-bond acceptors (Lipinski definition) is 4. The van der Waals surface area contributed by atoms with E-state index < -0.39 is 5.69 Å². The summed E-state index contributed by atoms with van der Waals surface area (Å²) < 4.78 is 6.88. The highest BCUT2D eigenvalue weighted by molar-refractivity contribution is 5.91. The maximum Gasteiger partial charge on any atom is 0.323 e. The summed E-state index contributed by atoms with van der Waals surface area (Å²) in [7, 11) is 1.63. The number of imidazole rings is 2. The minimum atomic E-state index is -0.407. The lowest BCUT2D eigenvalue weighted by Gasteiger charge is -2.08. The van der Waals surface area contributed by atoms with Crippen LogP contribution in [-0.2, 0) is 17.8 Å². The fraction of sp³-hybridized carbons (Fsp3) is 0.364. The normalized spacial score (nSPS) is 10.6. The molecule has 0 aromatic carbocycles. The van der Waals surface area contributed by atoms with Crippen molar-refractivity contribution in [2.75, 3.05) is 13.7 Å². The zero-order valence-electron chi connectivity index (χ0n) is 10.5. The van der Waals surface area contributed by atoms with E-state index in [9.17, 15) is 9.59 Å². The number of amides is 1. The lowest BCUT2D eigenvalue weighted by molar-refractivity contribution is 0.0945. The zero-order valence-corrected chi connectivity index (χ0v) is 10.5. The molecule has 3 N–H and O–H groups in total. The molecule has 0 saturated carbocycles. The Kier molecular flexibility index (Phi) is 4.14. The molecule has 0 aliphatic heterocycles. The van der Waals surface area contributed by atoms with Gasteiger partial charge < -0.3 is 24.6 Å². The molecule has 0 bridgehead atoms. The van der Waals surface area contributed by atoms with Crippen LogP contribution >= 0.6 is 0 Å². The van der Waals surface area contributed by atoms with Crippen molar-refractivity contribution in [2.45, 2.75) is 13.1 Å². The summed E-state index contributed by atoms with van der Waals surface area (Å²) in [5.41, 5.74) is 0.659. The molecule has 0 spiro atoms. The quantitative estimate of drug-likeness (QED) is 0.653. The van der Waals surface area contributed by atoms with Gasteiger partial charge in [0.1, 0.15) is 5.69 Å². The van der Waals surface area contributed by atoms with Crippen molar-refractivity contribution >= 4 is 5.91 Å². The van der Waals surface area contributed by atoms with Crippen LogP contribution in [0.5, 0.6) is 0 Å². The molecule has 8 nitrogen and oxygen atoms in total. The van der Waals surface area contributed by atoms with Crippen LogP contribution in [-0.4, -0.2) is 39.1 Å². The number of methoxy groups -OCH3 is 1. The standard InChI is InChI=1S/C11H15N5O3/c1-19-3-2-16-7-12-4-8(16)5-13-10(17)9-6-14-11(18)15-9/h4,6-7H,2-3,5H2,1H3,(H,13,17)(H2,14,15,18). The Bertz CT molecular complexity index is 597. The number of aromatic amines is 2. The average molecular weight is 265 g/mol. The van der Waals surface area contributed by atoms with Crippen LogP contribution in [0.4, 0.5) is 0 Å². The van der Waals surface area contributed by atoms with Crippen LogP contribution in [0.1, 0.15) is 16.2 Å². The third kappa shape index (κ3) is 3.32. The van der Waals surface area contributed by atoms with Gasteiger partial charge in [0.15, 0.2) is 0 Å². The van der Waals surface area contributed by atoms with Crippen molar-refractivity contribution in [1.82, 2.24) is 24.8 Å². The molecule has 0 aliphatic rings. The van der Waals surface area contributed by atoms with Crippen LogP contribution in [0.25, 0.3) is 0 Å². The Morgan fingerprint density at radius 3 is 3.11 bits per heavy atom. The molecule has 102 valence electrons. The van der Waals surface area contributed by atoms with Gasteiger partial charge in [-0.15, -0.1) is 0 Å². The minimum Gasteiger partial charge on any atom is -0.383 e. The Balaban J connectivity index is 1.93. The Hall–Kier alpha value is -2.35. The van der Waals surface area contributed by atoms with Crippen molar-refractivity contribution in [2.24, 2.45) is 0 Å². The summed E-state index contributed by atoms with van der Waals surface area (Å²) >= 11 is 0. The SMILES string of the molecule is COCCn1cncc1CNC(=O)c1c[nH]c(=O)[nH]1. The second-order valence-corrected chi connectivity index (χ2v) is 3.91. The van der Waals surface area contributed by atoms with Gasteiger partial charge in [0, 0.05) is 26.0 Å². The van der Waals surface area contributed by atoms with Gasteiger partial charge in [-0.1, -0.05) is 0 Å². The fourth-order valence-electron chi connectivity index (χ4n) is 1.61. The molecule has 2 aromatic heterocycles. The Morgan fingerprint density at radius 1 is 1.58 bits per heavy atom. The van der Waals surface area contributed by atoms with Gasteiger partial charge in [-0.2, -0.15) is 0 Å². The monoisotopic (exact) mass is 265 g/mol. The predicted molar refractivity (Wildman–Crippen MR) is 66.7 cm³/mol. The third-order valence-electron chi connectivity index (χ3n) is 2.61. The fourth-order valence-corrected chi connectivity index (χ4v) is 1.61. The number of carbonyl (C=O) groups excluding carboxylic acids is 1. The molecule has 8 heteroatoms. The third-order valence-corrected chi connectivity index (χ3v) is 2.61. The summed E-state index contributed by atoms with van der Waals surface area (Å²) in [4.78, 5) is 31.4. The lowest BCUT2D eigenvalue weighted by Crippen LogP contribution is -2.25. The van der Waals surface area contributed by atoms with E-state index >= 15 is 0 Å². The number of aromatic nitrogens is 4. The molecular formula is C11H15N5O3. The van der Waals surface area contributed by atoms with Crippen molar-refractivity contribution < 1.29 is 9.53 Å². The Morgan fingerprint density at radius 2 is 2.42 bits per heavy atom. The summed E-state index contributed by atoms with van der Waals surface area (Å²) in [6, 6.07) is 0. The molecule has 19 heavy (non-hydrogen) atoms. The first-order valence-electron chi connectivity index (χ1n) is 5.74. The van der Waals surface area contributed by atoms with E-state index in [0.717, 1.165) is 5.69 Å². The number of ether oxygens (including phenoxy) is 1. The molecule has 1 amide bonds. The first kappa shape index (κ1) is 13.1. The molecule has 0 atom stereocenters. The van der Waals surface area contributed by atoms with Gasteiger partial charge in [-0.25, -0.2) is 9.78 Å². The van der Waals surface area contributed by atoms with Gasteiger partial charge in [0.2, 0.25) is 0 Å². The van der Waals surface area contributed by atoms with Crippen LogP contribution in [0, 0.1) is 0 Å². The van der Waals surface area contributed by atoms with E-state index in [2.05, 4.69) is 20.3 Å². The maximum absolute atomic E-state index is 11.7. The smallest absolute Gasteiger partial charge is 0.323 e. The van der Waals surface area contributed by atoms with Crippen molar-refractivity contribution in [3.05, 3.63) is 40.6 Å². The maximum atomic E-state index is 11.7. The molecular weight excluding hydrogens is 250 g/mol. The van der Waals surface area contributed by atoms with Gasteiger partial charge >= 0.3 is 5.69 Å². The number of rotatable bonds is 6. The first-order valence-corrected chi connectivity index (χ1v) is 5.74. The average Bonchev–Trinajstić information content (AvgIpc) is 3.02. The van der Waals surface area contributed by atoms with E-state index in [4.69, 9.17) is 4.74 Å². The van der Waals surface area contributed by atoms with E-state index in [1.54, 1.807) is 19.6 Å². The largest absolute Gasteiger partial charge is 0.383 e. The molecule has 0 radical (unpaired) electrons. The molecule has 2 heterocycles. The highest BCUT2D eigenvalue weighted by atomic mass is 16.5. The second-order valence-electron chi connectivity index (χ2n) is 3.91. The highest BCUT2D eigenvalue weighted by Gasteiger charge is 2.09. The van der Waals surface area contributed by atoms with Gasteiger partial charge in [-0.05, 0) is 0 Å². The van der Waals surface area contributed by atoms with E-state index in [-0.39, 0.29) is 11.6 Å². The summed E-state index contributed by atoms with van der Waals surface area (Å²) in [6.07, 6.45) is 4.69. The van der Waals surface area contributed by atoms with E-state index in [0.29, 0.717) is 19.7 Å². The number of nitrogens with one attached hydrogen (secondary N) is 3. The molecule has 0 fully saturated rings. The van der Waals surface area contributed by atoms with Gasteiger partial charge in [-0.3, -0.25) is 4.79 Å². The van der Waals surface area contributed by atoms with E-state index in [1.165, 1.54) is 6.20 Å². The number of nitrogens with zero attached hydrogens (tertiary/aromatic N) is 2. The molecule has 0 aliphatic carbocycles. The topological polar surface area (TPSA) is 105 Å². The summed E-state index contributed by atoms with van der Waals surface area (Å²) in [5.74, 6) is -0.349. The number of hydrogen-bond donors (Lipinski definition) is 3. The minimum absolute atomic E-state index is 0.202. The van der Waals surface area contributed by atoms with Crippen molar-refractivity contribution in [1.29, 1.82) is 0 Å². The first-order chi connectivity index (χ1) is 9.20. The molecule has 0 saturated heterocycles. The van der Waals surface area contributed by atoms with E-state index in [1.807, 2.05) is 4.57 Å². The summed E-state index contributed by atoms with van der Waals surface area (Å²) in [6.45, 7) is 1.57. The number of H-pyrrole nitrogens is 2. The van der Waals surface area contributed by atoms with Crippen LogP contribution in [0.15, 0.2) is 23.5 Å². The van der Waals surface area contributed by atoms with Crippen LogP contribution in [0.2, 0.25) is 0 Å². The van der Waals surface area contributed by atoms with Crippen molar-refractivity contribution in [3.63, 3.8) is 0 Å². The highest BCUT2D eigenvalue weighted by Crippen LogP contribution is 1.99. The van der Waals surface area contributed by atoms with Gasteiger partial charge in [0.05, 0.1) is 25.2 Å². The second kappa shape index (κ2) is 6.01. The van der Waals surface area contributed by atoms with Gasteiger partial charge in [0.25, 0.3) is 5.91 Å². The zero-order chi connectivity index (χ0) is 13.7. The van der Waals surface area contributed by atoms with Crippen molar-refractivity contribution in [3.8, 4) is 0 Å². The predicted octanol–water partition coefficient (Wildman–Crippen LogP) is -0.524. The Labute approximate surface area is 108 Å². The number of carbonyl (C=O) groups is 1. The lowest BCUT2D eigenvalue weighted by atomic mass is 10.4. The van der Waals surface area contributed by atoms with Crippen LogP contribution < -0.4 is 11.0 Å². The molecule has 0 unspecified atom stereocenters. The summed E-state index contributed by atoms with van der Waals surface area (Å²) in [5, 5.41) is 2.70. The molecule has 2 aromatic rings.